The van der Waals surface area contributed by atoms with Gasteiger partial charge >= 0.3 is 12.4 Å². The van der Waals surface area contributed by atoms with Gasteiger partial charge in [-0.05, 0) is 67.8 Å². The van der Waals surface area contributed by atoms with Crippen molar-refractivity contribution in [3.8, 4) is 0 Å². The van der Waals surface area contributed by atoms with Gasteiger partial charge < -0.3 is 0 Å². The summed E-state index contributed by atoms with van der Waals surface area (Å²) < 4.78 is 82.6. The van der Waals surface area contributed by atoms with Crippen LogP contribution in [0.2, 0.25) is 5.02 Å². The zero-order valence-electron chi connectivity index (χ0n) is 16.0. The van der Waals surface area contributed by atoms with Crippen molar-refractivity contribution >= 4 is 11.6 Å². The molecule has 1 fully saturated rings. The van der Waals surface area contributed by atoms with E-state index in [-0.39, 0.29) is 11.4 Å². The average molecular weight is 436 g/mol. The SMILES string of the molecule is Cc1ccc(C2CC(c3cc(Cl)cc(C(F)(F)F)c3)(C(F)(F)F)CN2C)cc1C. The van der Waals surface area contributed by atoms with Crippen LogP contribution < -0.4 is 0 Å². The molecule has 2 atom stereocenters. The Kier molecular flexibility index (Phi) is 5.45. The van der Waals surface area contributed by atoms with Gasteiger partial charge in [0.15, 0.2) is 0 Å². The Balaban J connectivity index is 2.13. The van der Waals surface area contributed by atoms with Crippen LogP contribution in [0.5, 0.6) is 0 Å². The first-order valence-corrected chi connectivity index (χ1v) is 9.35. The minimum atomic E-state index is -4.79. The van der Waals surface area contributed by atoms with Crippen LogP contribution in [0.4, 0.5) is 26.3 Å². The normalized spacial score (nSPS) is 23.6. The predicted molar refractivity (Wildman–Crippen MR) is 100 cm³/mol. The van der Waals surface area contributed by atoms with E-state index in [0.717, 1.165) is 17.2 Å². The number of likely N-dealkylation sites (N-methyl/N-ethyl adjacent to an activating group) is 1. The summed E-state index contributed by atoms with van der Waals surface area (Å²) in [5.74, 6) is 0. The Morgan fingerprint density at radius 2 is 1.62 bits per heavy atom. The van der Waals surface area contributed by atoms with E-state index in [2.05, 4.69) is 0 Å². The number of nitrogens with zero attached hydrogens (tertiary/aromatic N) is 1. The van der Waals surface area contributed by atoms with Gasteiger partial charge in [-0.3, -0.25) is 4.90 Å². The Morgan fingerprint density at radius 3 is 2.17 bits per heavy atom. The number of halogens is 7. The quantitative estimate of drug-likeness (QED) is 0.466. The maximum Gasteiger partial charge on any atom is 0.416 e. The van der Waals surface area contributed by atoms with E-state index < -0.39 is 41.5 Å². The summed E-state index contributed by atoms with van der Waals surface area (Å²) in [6.07, 6.45) is -9.92. The monoisotopic (exact) mass is 435 g/mol. The van der Waals surface area contributed by atoms with E-state index in [1.54, 1.807) is 18.0 Å². The second-order valence-corrected chi connectivity index (χ2v) is 8.22. The van der Waals surface area contributed by atoms with E-state index >= 15 is 0 Å². The van der Waals surface area contributed by atoms with Crippen molar-refractivity contribution in [2.24, 2.45) is 0 Å². The molecule has 0 spiro atoms. The van der Waals surface area contributed by atoms with E-state index in [0.29, 0.717) is 17.7 Å². The van der Waals surface area contributed by atoms with E-state index in [1.165, 1.54) is 0 Å². The van der Waals surface area contributed by atoms with Crippen LogP contribution >= 0.6 is 11.6 Å². The van der Waals surface area contributed by atoms with Gasteiger partial charge in [-0.2, -0.15) is 26.3 Å². The summed E-state index contributed by atoms with van der Waals surface area (Å²) in [5.41, 5.74) is -1.41. The minimum Gasteiger partial charge on any atom is -0.298 e. The van der Waals surface area contributed by atoms with Gasteiger partial charge in [-0.25, -0.2) is 0 Å². The highest BCUT2D eigenvalue weighted by molar-refractivity contribution is 6.30. The Morgan fingerprint density at radius 1 is 0.966 bits per heavy atom. The summed E-state index contributed by atoms with van der Waals surface area (Å²) in [4.78, 5) is 1.55. The molecular weight excluding hydrogens is 416 g/mol. The first-order valence-electron chi connectivity index (χ1n) is 8.97. The third kappa shape index (κ3) is 3.99. The lowest BCUT2D eigenvalue weighted by Gasteiger charge is -2.32. The zero-order chi connectivity index (χ0) is 21.8. The fourth-order valence-corrected chi connectivity index (χ4v) is 4.27. The van der Waals surface area contributed by atoms with Crippen LogP contribution in [-0.4, -0.2) is 24.7 Å². The first-order chi connectivity index (χ1) is 13.2. The molecule has 1 nitrogen and oxygen atoms in total. The Bertz CT molecular complexity index is 920. The van der Waals surface area contributed by atoms with Crippen molar-refractivity contribution in [3.05, 3.63) is 69.2 Å². The van der Waals surface area contributed by atoms with Crippen LogP contribution in [0.3, 0.4) is 0 Å². The van der Waals surface area contributed by atoms with Gasteiger partial charge in [0.1, 0.15) is 5.41 Å². The van der Waals surface area contributed by atoms with Crippen LogP contribution in [-0.2, 0) is 11.6 Å². The van der Waals surface area contributed by atoms with Crippen molar-refractivity contribution in [2.45, 2.75) is 44.1 Å². The number of benzene rings is 2. The second-order valence-electron chi connectivity index (χ2n) is 7.78. The highest BCUT2D eigenvalue weighted by Crippen LogP contribution is 2.54. The fraction of sp³-hybridized carbons (Fsp3) is 0.429. The molecule has 1 saturated heterocycles. The molecule has 1 heterocycles. The summed E-state index contributed by atoms with van der Waals surface area (Å²) in [6.45, 7) is 3.32. The first kappa shape index (κ1) is 22.0. The molecular formula is C21H20ClF6N. The van der Waals surface area contributed by atoms with Gasteiger partial charge in [0.2, 0.25) is 0 Å². The largest absolute Gasteiger partial charge is 0.416 e. The minimum absolute atomic E-state index is 0.365. The molecule has 0 amide bonds. The molecule has 1 aliphatic heterocycles. The summed E-state index contributed by atoms with van der Waals surface area (Å²) in [6, 6.07) is 7.10. The molecule has 3 rings (SSSR count). The summed E-state index contributed by atoms with van der Waals surface area (Å²) >= 11 is 5.79. The number of rotatable bonds is 2. The van der Waals surface area contributed by atoms with Gasteiger partial charge in [0.05, 0.1) is 5.56 Å². The Hall–Kier alpha value is -1.73. The summed E-state index contributed by atoms with van der Waals surface area (Å²) in [5, 5.41) is -0.365. The third-order valence-electron chi connectivity index (χ3n) is 5.83. The number of alkyl halides is 6. The standard InChI is InChI=1S/C21H20ClF6N/c1-12-4-5-14(6-13(12)2)18-10-19(11-29(18)3,21(26,27)28)15-7-16(20(23,24)25)9-17(22)8-15/h4-9,18H,10-11H2,1-3H3. The van der Waals surface area contributed by atoms with Crippen molar-refractivity contribution in [1.82, 2.24) is 4.90 Å². The van der Waals surface area contributed by atoms with Crippen LogP contribution in [0.1, 0.15) is 40.3 Å². The van der Waals surface area contributed by atoms with Crippen molar-refractivity contribution < 1.29 is 26.3 Å². The van der Waals surface area contributed by atoms with Gasteiger partial charge in [0, 0.05) is 17.6 Å². The number of likely N-dealkylation sites (tertiary alicyclic amines) is 1. The Labute approximate surface area is 170 Å². The molecule has 2 aromatic rings. The molecule has 0 radical (unpaired) electrons. The van der Waals surface area contributed by atoms with Crippen molar-refractivity contribution in [1.29, 1.82) is 0 Å². The molecule has 0 saturated carbocycles. The lowest BCUT2D eigenvalue weighted by molar-refractivity contribution is -0.187. The molecule has 0 bridgehead atoms. The molecule has 8 heteroatoms. The number of hydrogen-bond acceptors (Lipinski definition) is 1. The molecule has 158 valence electrons. The van der Waals surface area contributed by atoms with Crippen LogP contribution in [0, 0.1) is 13.8 Å². The van der Waals surface area contributed by atoms with Gasteiger partial charge in [-0.1, -0.05) is 29.8 Å². The van der Waals surface area contributed by atoms with Gasteiger partial charge in [0.25, 0.3) is 0 Å². The van der Waals surface area contributed by atoms with Crippen LogP contribution in [0.15, 0.2) is 36.4 Å². The molecule has 2 unspecified atom stereocenters. The highest BCUT2D eigenvalue weighted by atomic mass is 35.5. The highest BCUT2D eigenvalue weighted by Gasteiger charge is 2.61. The smallest absolute Gasteiger partial charge is 0.298 e. The lowest BCUT2D eigenvalue weighted by Crippen LogP contribution is -2.44. The predicted octanol–water partition coefficient (Wildman–Crippen LogP) is 6.85. The summed E-state index contributed by atoms with van der Waals surface area (Å²) in [7, 11) is 1.56. The van der Waals surface area contributed by atoms with Crippen molar-refractivity contribution in [2.75, 3.05) is 13.6 Å². The topological polar surface area (TPSA) is 3.24 Å². The number of hydrogen-bond donors (Lipinski definition) is 0. The van der Waals surface area contributed by atoms with Crippen molar-refractivity contribution in [3.63, 3.8) is 0 Å². The molecule has 29 heavy (non-hydrogen) atoms. The maximum atomic E-state index is 14.3. The van der Waals surface area contributed by atoms with Gasteiger partial charge in [-0.15, -0.1) is 0 Å². The average Bonchev–Trinajstić information content (AvgIpc) is 2.95. The maximum absolute atomic E-state index is 14.3. The third-order valence-corrected chi connectivity index (χ3v) is 6.05. The molecule has 2 aromatic carbocycles. The molecule has 0 N–H and O–H groups in total. The van der Waals surface area contributed by atoms with Crippen LogP contribution in [0.25, 0.3) is 0 Å². The number of aryl methyl sites for hydroxylation is 2. The van der Waals surface area contributed by atoms with E-state index in [4.69, 9.17) is 11.6 Å². The molecule has 0 aliphatic carbocycles. The lowest BCUT2D eigenvalue weighted by atomic mass is 9.76. The fourth-order valence-electron chi connectivity index (χ4n) is 4.04. The molecule has 0 aromatic heterocycles. The molecule has 1 aliphatic rings. The zero-order valence-corrected chi connectivity index (χ0v) is 16.8. The second kappa shape index (κ2) is 7.20. The van der Waals surface area contributed by atoms with E-state index in [1.807, 2.05) is 26.0 Å². The van der Waals surface area contributed by atoms with E-state index in [9.17, 15) is 26.3 Å².